The lowest BCUT2D eigenvalue weighted by Gasteiger charge is -2.10. The average molecular weight is 289 g/mol. The fourth-order valence-corrected chi connectivity index (χ4v) is 1.76. The molecule has 0 saturated carbocycles. The van der Waals surface area contributed by atoms with E-state index < -0.39 is 0 Å². The topological polar surface area (TPSA) is 37.8 Å². The molecule has 0 radical (unpaired) electrons. The van der Waals surface area contributed by atoms with Gasteiger partial charge in [-0.05, 0) is 30.7 Å². The minimum Gasteiger partial charge on any atom is -0.339 e. The van der Waals surface area contributed by atoms with Crippen molar-refractivity contribution in [2.24, 2.45) is 0 Å². The molecule has 1 aromatic heterocycles. The van der Waals surface area contributed by atoms with Crippen LogP contribution in [0.2, 0.25) is 15.3 Å². The fraction of sp³-hybridized carbons (Fsp3) is 0.0909. The standard InChI is InChI=1S/C11H8Cl3N3/c1-6-5-15-11(14)17-10(6)16-8-4-2-3-7(12)9(8)13/h2-5H,1H3,(H,15,16,17). The van der Waals surface area contributed by atoms with Crippen LogP contribution in [0.15, 0.2) is 24.4 Å². The van der Waals surface area contributed by atoms with Crippen molar-refractivity contribution < 1.29 is 0 Å². The van der Waals surface area contributed by atoms with Gasteiger partial charge in [0, 0.05) is 11.8 Å². The Morgan fingerprint density at radius 1 is 1.18 bits per heavy atom. The molecular weight excluding hydrogens is 281 g/mol. The van der Waals surface area contributed by atoms with Crippen molar-refractivity contribution in [3.05, 3.63) is 45.3 Å². The van der Waals surface area contributed by atoms with Gasteiger partial charge in [0.2, 0.25) is 5.28 Å². The third kappa shape index (κ3) is 2.80. The summed E-state index contributed by atoms with van der Waals surface area (Å²) in [6, 6.07) is 5.33. The molecular formula is C11H8Cl3N3. The minimum absolute atomic E-state index is 0.177. The van der Waals surface area contributed by atoms with Gasteiger partial charge in [-0.25, -0.2) is 9.97 Å². The highest BCUT2D eigenvalue weighted by Gasteiger charge is 2.07. The van der Waals surface area contributed by atoms with Crippen LogP contribution in [-0.2, 0) is 0 Å². The first-order valence-corrected chi connectivity index (χ1v) is 5.91. The second kappa shape index (κ2) is 5.08. The molecule has 1 aromatic carbocycles. The van der Waals surface area contributed by atoms with Crippen molar-refractivity contribution in [2.75, 3.05) is 5.32 Å². The average Bonchev–Trinajstić information content (AvgIpc) is 2.30. The Kier molecular flexibility index (Phi) is 3.72. The summed E-state index contributed by atoms with van der Waals surface area (Å²) < 4.78 is 0. The molecule has 0 aliphatic heterocycles. The number of aryl methyl sites for hydroxylation is 1. The van der Waals surface area contributed by atoms with Gasteiger partial charge in [0.25, 0.3) is 0 Å². The number of rotatable bonds is 2. The van der Waals surface area contributed by atoms with E-state index in [4.69, 9.17) is 34.8 Å². The van der Waals surface area contributed by atoms with Gasteiger partial charge in [-0.3, -0.25) is 0 Å². The minimum atomic E-state index is 0.177. The monoisotopic (exact) mass is 287 g/mol. The van der Waals surface area contributed by atoms with Crippen LogP contribution in [0.3, 0.4) is 0 Å². The molecule has 0 aliphatic carbocycles. The molecule has 2 rings (SSSR count). The second-order valence-corrected chi connectivity index (χ2v) is 4.52. The maximum absolute atomic E-state index is 6.06. The van der Waals surface area contributed by atoms with Crippen LogP contribution in [0, 0.1) is 6.92 Å². The van der Waals surface area contributed by atoms with Crippen LogP contribution >= 0.6 is 34.8 Å². The normalized spacial score (nSPS) is 10.4. The smallest absolute Gasteiger partial charge is 0.224 e. The summed E-state index contributed by atoms with van der Waals surface area (Å²) in [6.07, 6.45) is 1.64. The molecule has 0 amide bonds. The van der Waals surface area contributed by atoms with Gasteiger partial charge in [0.1, 0.15) is 5.82 Å². The molecule has 0 aliphatic rings. The molecule has 0 bridgehead atoms. The molecule has 3 nitrogen and oxygen atoms in total. The van der Waals surface area contributed by atoms with Gasteiger partial charge >= 0.3 is 0 Å². The molecule has 0 atom stereocenters. The molecule has 17 heavy (non-hydrogen) atoms. The highest BCUT2D eigenvalue weighted by atomic mass is 35.5. The highest BCUT2D eigenvalue weighted by Crippen LogP contribution is 2.31. The van der Waals surface area contributed by atoms with Crippen molar-refractivity contribution in [1.82, 2.24) is 9.97 Å². The summed E-state index contributed by atoms with van der Waals surface area (Å²) >= 11 is 17.7. The first-order valence-electron chi connectivity index (χ1n) is 4.78. The zero-order chi connectivity index (χ0) is 12.4. The summed E-state index contributed by atoms with van der Waals surface area (Å²) in [5.74, 6) is 0.606. The van der Waals surface area contributed by atoms with Crippen molar-refractivity contribution in [2.45, 2.75) is 6.92 Å². The number of aromatic nitrogens is 2. The highest BCUT2D eigenvalue weighted by molar-refractivity contribution is 6.43. The van der Waals surface area contributed by atoms with Gasteiger partial charge < -0.3 is 5.32 Å². The Labute approximate surface area is 114 Å². The largest absolute Gasteiger partial charge is 0.339 e. The molecule has 1 heterocycles. The van der Waals surface area contributed by atoms with Gasteiger partial charge in [0.05, 0.1) is 15.7 Å². The third-order valence-corrected chi connectivity index (χ3v) is 3.15. The number of nitrogens with one attached hydrogen (secondary N) is 1. The summed E-state index contributed by atoms with van der Waals surface area (Å²) in [5, 5.41) is 4.18. The number of halogens is 3. The van der Waals surface area contributed by atoms with E-state index in [9.17, 15) is 0 Å². The first-order chi connectivity index (χ1) is 8.08. The predicted molar refractivity (Wildman–Crippen MR) is 71.5 cm³/mol. The summed E-state index contributed by atoms with van der Waals surface area (Å²) in [5.41, 5.74) is 1.54. The molecule has 0 saturated heterocycles. The molecule has 2 aromatic rings. The first kappa shape index (κ1) is 12.4. The lowest BCUT2D eigenvalue weighted by molar-refractivity contribution is 1.13. The number of benzene rings is 1. The number of hydrogen-bond donors (Lipinski definition) is 1. The van der Waals surface area contributed by atoms with E-state index in [0.29, 0.717) is 21.6 Å². The molecule has 0 unspecified atom stereocenters. The Morgan fingerprint density at radius 2 is 1.94 bits per heavy atom. The number of anilines is 2. The van der Waals surface area contributed by atoms with Crippen LogP contribution in [0.4, 0.5) is 11.5 Å². The van der Waals surface area contributed by atoms with E-state index in [1.54, 1.807) is 18.3 Å². The number of nitrogens with zero attached hydrogens (tertiary/aromatic N) is 2. The van der Waals surface area contributed by atoms with Crippen LogP contribution in [-0.4, -0.2) is 9.97 Å². The van der Waals surface area contributed by atoms with Crippen molar-refractivity contribution in [3.8, 4) is 0 Å². The van der Waals surface area contributed by atoms with E-state index >= 15 is 0 Å². The zero-order valence-corrected chi connectivity index (χ0v) is 11.1. The van der Waals surface area contributed by atoms with E-state index in [0.717, 1.165) is 5.56 Å². The molecule has 88 valence electrons. The van der Waals surface area contributed by atoms with Crippen LogP contribution < -0.4 is 5.32 Å². The Hall–Kier alpha value is -1.03. The van der Waals surface area contributed by atoms with E-state index in [1.807, 2.05) is 13.0 Å². The number of hydrogen-bond acceptors (Lipinski definition) is 3. The lowest BCUT2D eigenvalue weighted by Crippen LogP contribution is -1.98. The molecule has 6 heteroatoms. The van der Waals surface area contributed by atoms with Crippen LogP contribution in [0.25, 0.3) is 0 Å². The van der Waals surface area contributed by atoms with Gasteiger partial charge in [-0.1, -0.05) is 29.3 Å². The molecule has 0 spiro atoms. The van der Waals surface area contributed by atoms with Gasteiger partial charge in [-0.15, -0.1) is 0 Å². The zero-order valence-electron chi connectivity index (χ0n) is 8.84. The molecule has 1 N–H and O–H groups in total. The molecule has 0 fully saturated rings. The third-order valence-electron chi connectivity index (χ3n) is 2.15. The van der Waals surface area contributed by atoms with E-state index in [2.05, 4.69) is 15.3 Å². The van der Waals surface area contributed by atoms with Crippen LogP contribution in [0.1, 0.15) is 5.56 Å². The summed E-state index contributed by atoms with van der Waals surface area (Å²) in [7, 11) is 0. The second-order valence-electron chi connectivity index (χ2n) is 3.40. The van der Waals surface area contributed by atoms with Gasteiger partial charge in [-0.2, -0.15) is 0 Å². The predicted octanol–water partition coefficient (Wildman–Crippen LogP) is 4.49. The maximum atomic E-state index is 6.06. The van der Waals surface area contributed by atoms with Gasteiger partial charge in [0.15, 0.2) is 0 Å². The fourth-order valence-electron chi connectivity index (χ4n) is 1.27. The van der Waals surface area contributed by atoms with Crippen molar-refractivity contribution >= 4 is 46.3 Å². The quantitative estimate of drug-likeness (QED) is 0.827. The lowest BCUT2D eigenvalue weighted by atomic mass is 10.3. The maximum Gasteiger partial charge on any atom is 0.224 e. The van der Waals surface area contributed by atoms with Crippen molar-refractivity contribution in [3.63, 3.8) is 0 Å². The summed E-state index contributed by atoms with van der Waals surface area (Å²) in [6.45, 7) is 1.87. The Balaban J connectivity index is 2.38. The van der Waals surface area contributed by atoms with E-state index in [-0.39, 0.29) is 5.28 Å². The Morgan fingerprint density at radius 3 is 2.71 bits per heavy atom. The Bertz CT molecular complexity index is 558. The van der Waals surface area contributed by atoms with E-state index in [1.165, 1.54) is 0 Å². The summed E-state index contributed by atoms with van der Waals surface area (Å²) in [4.78, 5) is 7.96. The SMILES string of the molecule is Cc1cnc(Cl)nc1Nc1cccc(Cl)c1Cl. The van der Waals surface area contributed by atoms with Crippen molar-refractivity contribution in [1.29, 1.82) is 0 Å². The van der Waals surface area contributed by atoms with Crippen LogP contribution in [0.5, 0.6) is 0 Å².